The Kier molecular flexibility index (Phi) is 3.31. The molecule has 0 amide bonds. The highest BCUT2D eigenvalue weighted by Gasteiger charge is 2.10. The minimum absolute atomic E-state index is 0.0282. The molecule has 0 aliphatic carbocycles. The van der Waals surface area contributed by atoms with E-state index in [-0.39, 0.29) is 12.4 Å². The molecule has 76 valence electrons. The van der Waals surface area contributed by atoms with E-state index >= 15 is 0 Å². The van der Waals surface area contributed by atoms with Gasteiger partial charge in [0.15, 0.2) is 0 Å². The van der Waals surface area contributed by atoms with Crippen LogP contribution in [0, 0.1) is 13.8 Å². The van der Waals surface area contributed by atoms with Crippen LogP contribution >= 0.6 is 0 Å². The summed E-state index contributed by atoms with van der Waals surface area (Å²) >= 11 is 0. The van der Waals surface area contributed by atoms with E-state index in [1.54, 1.807) is 6.08 Å². The third-order valence-electron chi connectivity index (χ3n) is 2.50. The zero-order chi connectivity index (χ0) is 10.7. The van der Waals surface area contributed by atoms with Crippen LogP contribution in [0.1, 0.15) is 22.3 Å². The van der Waals surface area contributed by atoms with Crippen LogP contribution in [-0.2, 0) is 13.0 Å². The molecule has 2 N–H and O–H groups in total. The second kappa shape index (κ2) is 4.29. The Morgan fingerprint density at radius 3 is 2.57 bits per heavy atom. The van der Waals surface area contributed by atoms with E-state index in [0.29, 0.717) is 6.42 Å². The first-order chi connectivity index (χ1) is 6.61. The van der Waals surface area contributed by atoms with Gasteiger partial charge in [-0.1, -0.05) is 12.1 Å². The second-order valence-electron chi connectivity index (χ2n) is 3.46. The van der Waals surface area contributed by atoms with Crippen molar-refractivity contribution in [3.63, 3.8) is 0 Å². The van der Waals surface area contributed by atoms with Crippen molar-refractivity contribution in [2.45, 2.75) is 26.9 Å². The Labute approximate surface area is 84.5 Å². The van der Waals surface area contributed by atoms with Crippen LogP contribution in [-0.4, -0.2) is 10.2 Å². The average Bonchev–Trinajstić information content (AvgIpc) is 2.15. The fourth-order valence-corrected chi connectivity index (χ4v) is 1.65. The van der Waals surface area contributed by atoms with Crippen molar-refractivity contribution in [1.82, 2.24) is 0 Å². The average molecular weight is 192 g/mol. The maximum Gasteiger partial charge on any atom is 0.122 e. The predicted molar refractivity (Wildman–Crippen MR) is 57.4 cm³/mol. The van der Waals surface area contributed by atoms with Crippen molar-refractivity contribution < 1.29 is 10.2 Å². The topological polar surface area (TPSA) is 40.5 Å². The molecule has 1 rings (SSSR count). The van der Waals surface area contributed by atoms with Crippen LogP contribution in [0.3, 0.4) is 0 Å². The number of phenolic OH excluding ortho intramolecular Hbond substituents is 1. The molecule has 2 nitrogen and oxygen atoms in total. The molecule has 0 aliphatic rings. The molecule has 1 aromatic rings. The fourth-order valence-electron chi connectivity index (χ4n) is 1.65. The molecule has 2 heteroatoms. The van der Waals surface area contributed by atoms with Gasteiger partial charge in [-0.2, -0.15) is 0 Å². The van der Waals surface area contributed by atoms with E-state index in [4.69, 9.17) is 5.11 Å². The quantitative estimate of drug-likeness (QED) is 0.721. The Bertz CT molecular complexity index is 354. The molecule has 1 aromatic carbocycles. The lowest BCUT2D eigenvalue weighted by Crippen LogP contribution is -1.97. The Hall–Kier alpha value is -1.28. The number of aryl methyl sites for hydroxylation is 1. The van der Waals surface area contributed by atoms with Crippen LogP contribution < -0.4 is 0 Å². The molecule has 0 saturated carbocycles. The minimum Gasteiger partial charge on any atom is -0.507 e. The molecule has 0 saturated heterocycles. The van der Waals surface area contributed by atoms with Gasteiger partial charge < -0.3 is 10.2 Å². The summed E-state index contributed by atoms with van der Waals surface area (Å²) in [6, 6.07) is 1.90. The Balaban J connectivity index is 3.31. The predicted octanol–water partition coefficient (Wildman–Crippen LogP) is 2.23. The SMILES string of the molecule is C=CCc1cc(C)c(CO)c(C)c1O. The molecule has 0 aromatic heterocycles. The van der Waals surface area contributed by atoms with Crippen LogP contribution in [0.15, 0.2) is 18.7 Å². The maximum absolute atomic E-state index is 9.81. The van der Waals surface area contributed by atoms with Crippen LogP contribution in [0.25, 0.3) is 0 Å². The van der Waals surface area contributed by atoms with Gasteiger partial charge in [0.2, 0.25) is 0 Å². The summed E-state index contributed by atoms with van der Waals surface area (Å²) in [5, 5.41) is 18.9. The summed E-state index contributed by atoms with van der Waals surface area (Å²) in [4.78, 5) is 0. The van der Waals surface area contributed by atoms with Gasteiger partial charge in [0.1, 0.15) is 5.75 Å². The summed E-state index contributed by atoms with van der Waals surface area (Å²) in [7, 11) is 0. The van der Waals surface area contributed by atoms with E-state index < -0.39 is 0 Å². The number of phenols is 1. The van der Waals surface area contributed by atoms with Gasteiger partial charge in [0, 0.05) is 0 Å². The number of hydrogen-bond donors (Lipinski definition) is 2. The molecule has 0 fully saturated rings. The largest absolute Gasteiger partial charge is 0.507 e. The first-order valence-corrected chi connectivity index (χ1v) is 4.64. The highest BCUT2D eigenvalue weighted by molar-refractivity contribution is 5.49. The third-order valence-corrected chi connectivity index (χ3v) is 2.50. The summed E-state index contributed by atoms with van der Waals surface area (Å²) < 4.78 is 0. The van der Waals surface area contributed by atoms with Gasteiger partial charge in [-0.15, -0.1) is 6.58 Å². The van der Waals surface area contributed by atoms with Gasteiger partial charge >= 0.3 is 0 Å². The Morgan fingerprint density at radius 1 is 1.43 bits per heavy atom. The van der Waals surface area contributed by atoms with E-state index in [9.17, 15) is 5.11 Å². The van der Waals surface area contributed by atoms with E-state index in [2.05, 4.69) is 6.58 Å². The maximum atomic E-state index is 9.81. The number of allylic oxidation sites excluding steroid dienone is 1. The van der Waals surface area contributed by atoms with Crippen molar-refractivity contribution in [2.75, 3.05) is 0 Å². The number of benzene rings is 1. The van der Waals surface area contributed by atoms with Crippen LogP contribution in [0.5, 0.6) is 5.75 Å². The van der Waals surface area contributed by atoms with Crippen LogP contribution in [0.4, 0.5) is 0 Å². The smallest absolute Gasteiger partial charge is 0.122 e. The molecule has 0 atom stereocenters. The molecule has 0 spiro atoms. The number of rotatable bonds is 3. The summed E-state index contributed by atoms with van der Waals surface area (Å²) in [6.07, 6.45) is 2.41. The normalized spacial score (nSPS) is 10.2. The number of aromatic hydroxyl groups is 1. The summed E-state index contributed by atoms with van der Waals surface area (Å²) in [5.41, 5.74) is 3.46. The molecule has 0 aliphatic heterocycles. The first kappa shape index (κ1) is 10.8. The summed E-state index contributed by atoms with van der Waals surface area (Å²) in [6.45, 7) is 7.37. The zero-order valence-electron chi connectivity index (χ0n) is 8.67. The van der Waals surface area contributed by atoms with Crippen molar-refractivity contribution in [3.8, 4) is 5.75 Å². The molecule has 0 unspecified atom stereocenters. The number of aliphatic hydroxyl groups is 1. The first-order valence-electron chi connectivity index (χ1n) is 4.64. The highest BCUT2D eigenvalue weighted by Crippen LogP contribution is 2.28. The van der Waals surface area contributed by atoms with Crippen molar-refractivity contribution in [2.24, 2.45) is 0 Å². The molecule has 0 bridgehead atoms. The Morgan fingerprint density at radius 2 is 2.07 bits per heavy atom. The molecular weight excluding hydrogens is 176 g/mol. The van der Waals surface area contributed by atoms with E-state index in [1.165, 1.54) is 0 Å². The van der Waals surface area contributed by atoms with Gasteiger partial charge in [0.05, 0.1) is 6.61 Å². The van der Waals surface area contributed by atoms with Crippen molar-refractivity contribution >= 4 is 0 Å². The fraction of sp³-hybridized carbons (Fsp3) is 0.333. The number of hydrogen-bond acceptors (Lipinski definition) is 2. The highest BCUT2D eigenvalue weighted by atomic mass is 16.3. The zero-order valence-corrected chi connectivity index (χ0v) is 8.67. The second-order valence-corrected chi connectivity index (χ2v) is 3.46. The van der Waals surface area contributed by atoms with Gasteiger partial charge in [-0.05, 0) is 42.5 Å². The lowest BCUT2D eigenvalue weighted by atomic mass is 9.97. The molecule has 0 radical (unpaired) electrons. The van der Waals surface area contributed by atoms with Crippen molar-refractivity contribution in [1.29, 1.82) is 0 Å². The van der Waals surface area contributed by atoms with Gasteiger partial charge in [0.25, 0.3) is 0 Å². The summed E-state index contributed by atoms with van der Waals surface area (Å²) in [5.74, 6) is 0.277. The standard InChI is InChI=1S/C12H16O2/c1-4-5-10-6-8(2)11(7-13)9(3)12(10)14/h4,6,13-14H,1,5,7H2,2-3H3. The monoisotopic (exact) mass is 192 g/mol. The van der Waals surface area contributed by atoms with E-state index in [0.717, 1.165) is 22.3 Å². The van der Waals surface area contributed by atoms with E-state index in [1.807, 2.05) is 19.9 Å². The van der Waals surface area contributed by atoms with Gasteiger partial charge in [-0.25, -0.2) is 0 Å². The third kappa shape index (κ3) is 1.80. The van der Waals surface area contributed by atoms with Crippen molar-refractivity contribution in [3.05, 3.63) is 41.0 Å². The number of aliphatic hydroxyl groups excluding tert-OH is 1. The lowest BCUT2D eigenvalue weighted by Gasteiger charge is -2.12. The van der Waals surface area contributed by atoms with Gasteiger partial charge in [-0.3, -0.25) is 0 Å². The lowest BCUT2D eigenvalue weighted by molar-refractivity contribution is 0.279. The van der Waals surface area contributed by atoms with Crippen LogP contribution in [0.2, 0.25) is 0 Å². The molecule has 0 heterocycles. The molecule has 14 heavy (non-hydrogen) atoms. The molecular formula is C12H16O2. The minimum atomic E-state index is -0.0282.